The van der Waals surface area contributed by atoms with E-state index in [1.807, 2.05) is 18.3 Å². The third kappa shape index (κ3) is 2.52. The van der Waals surface area contributed by atoms with E-state index in [-0.39, 0.29) is 0 Å². The molecular formula is C17H17ClN2. The van der Waals surface area contributed by atoms with Crippen molar-refractivity contribution in [2.45, 2.75) is 19.9 Å². The number of halogens is 1. The molecule has 0 aliphatic rings. The van der Waals surface area contributed by atoms with Crippen LogP contribution in [0.25, 0.3) is 10.9 Å². The lowest BCUT2D eigenvalue weighted by Gasteiger charge is -2.10. The molecule has 0 amide bonds. The minimum atomic E-state index is 0.759. The van der Waals surface area contributed by atoms with E-state index >= 15 is 0 Å². The standard InChI is InChI=1S/C17H17ClN2/c1-2-12-5-3-4-6-16(12)19-10-13-11-20-17-9-14(18)7-8-15(13)17/h3-9,11,19-20H,2,10H2,1H3. The number of para-hydroxylation sites is 1. The predicted molar refractivity (Wildman–Crippen MR) is 86.5 cm³/mol. The highest BCUT2D eigenvalue weighted by Gasteiger charge is 2.05. The van der Waals surface area contributed by atoms with Crippen molar-refractivity contribution in [2.24, 2.45) is 0 Å². The van der Waals surface area contributed by atoms with Gasteiger partial charge >= 0.3 is 0 Å². The zero-order valence-electron chi connectivity index (χ0n) is 11.4. The Hall–Kier alpha value is -1.93. The van der Waals surface area contributed by atoms with Crippen molar-refractivity contribution in [1.29, 1.82) is 0 Å². The number of aromatic amines is 1. The molecule has 2 N–H and O–H groups in total. The molecule has 0 fully saturated rings. The summed E-state index contributed by atoms with van der Waals surface area (Å²) in [5.41, 5.74) is 4.88. The van der Waals surface area contributed by atoms with Crippen molar-refractivity contribution < 1.29 is 0 Å². The molecule has 0 aliphatic heterocycles. The molecule has 0 radical (unpaired) electrons. The first-order valence-corrected chi connectivity index (χ1v) is 7.23. The van der Waals surface area contributed by atoms with Crippen LogP contribution in [0.2, 0.25) is 5.02 Å². The molecule has 0 aliphatic carbocycles. The van der Waals surface area contributed by atoms with Crippen LogP contribution in [0.15, 0.2) is 48.7 Å². The summed E-state index contributed by atoms with van der Waals surface area (Å²) in [6, 6.07) is 14.4. The van der Waals surface area contributed by atoms with Gasteiger partial charge in [-0.25, -0.2) is 0 Å². The molecule has 3 rings (SSSR count). The molecule has 20 heavy (non-hydrogen) atoms. The minimum absolute atomic E-state index is 0.759. The monoisotopic (exact) mass is 284 g/mol. The summed E-state index contributed by atoms with van der Waals surface area (Å²) >= 11 is 6.00. The van der Waals surface area contributed by atoms with Crippen molar-refractivity contribution in [1.82, 2.24) is 4.98 Å². The molecule has 0 saturated heterocycles. The van der Waals surface area contributed by atoms with E-state index in [0.717, 1.165) is 23.5 Å². The van der Waals surface area contributed by atoms with Gasteiger partial charge in [-0.05, 0) is 35.7 Å². The number of fused-ring (bicyclic) bond motifs is 1. The Morgan fingerprint density at radius 1 is 1.10 bits per heavy atom. The molecule has 2 aromatic carbocycles. The van der Waals surface area contributed by atoms with Gasteiger partial charge in [0.15, 0.2) is 0 Å². The summed E-state index contributed by atoms with van der Waals surface area (Å²) in [7, 11) is 0. The van der Waals surface area contributed by atoms with Gasteiger partial charge in [0.2, 0.25) is 0 Å². The number of anilines is 1. The van der Waals surface area contributed by atoms with Gasteiger partial charge < -0.3 is 10.3 Å². The first-order valence-electron chi connectivity index (χ1n) is 6.85. The Kier molecular flexibility index (Phi) is 3.66. The summed E-state index contributed by atoms with van der Waals surface area (Å²) in [6.45, 7) is 2.98. The maximum atomic E-state index is 6.00. The van der Waals surface area contributed by atoms with Gasteiger partial charge in [0.1, 0.15) is 0 Å². The first kappa shape index (κ1) is 13.1. The molecule has 3 heteroatoms. The molecule has 3 aromatic rings. The van der Waals surface area contributed by atoms with Crippen LogP contribution in [0, 0.1) is 0 Å². The fourth-order valence-electron chi connectivity index (χ4n) is 2.50. The maximum absolute atomic E-state index is 6.00. The summed E-state index contributed by atoms with van der Waals surface area (Å²) in [5.74, 6) is 0. The van der Waals surface area contributed by atoms with Crippen LogP contribution in [0.1, 0.15) is 18.1 Å². The van der Waals surface area contributed by atoms with E-state index in [4.69, 9.17) is 11.6 Å². The van der Waals surface area contributed by atoms with E-state index in [1.165, 1.54) is 22.2 Å². The molecular weight excluding hydrogens is 268 g/mol. The Labute approximate surface area is 123 Å². The minimum Gasteiger partial charge on any atom is -0.381 e. The van der Waals surface area contributed by atoms with Gasteiger partial charge in [0, 0.05) is 34.4 Å². The van der Waals surface area contributed by atoms with E-state index in [9.17, 15) is 0 Å². The van der Waals surface area contributed by atoms with Gasteiger partial charge in [-0.2, -0.15) is 0 Å². The Morgan fingerprint density at radius 2 is 1.95 bits per heavy atom. The quantitative estimate of drug-likeness (QED) is 0.693. The molecule has 1 heterocycles. The molecule has 2 nitrogen and oxygen atoms in total. The number of benzene rings is 2. The van der Waals surface area contributed by atoms with Gasteiger partial charge in [0.05, 0.1) is 0 Å². The smallest absolute Gasteiger partial charge is 0.0472 e. The summed E-state index contributed by atoms with van der Waals surface area (Å²) in [5, 5.41) is 5.50. The summed E-state index contributed by atoms with van der Waals surface area (Å²) < 4.78 is 0. The van der Waals surface area contributed by atoms with E-state index in [1.54, 1.807) is 0 Å². The lowest BCUT2D eigenvalue weighted by atomic mass is 10.1. The van der Waals surface area contributed by atoms with Crippen LogP contribution in [-0.4, -0.2) is 4.98 Å². The third-order valence-electron chi connectivity index (χ3n) is 3.60. The Balaban J connectivity index is 1.83. The largest absolute Gasteiger partial charge is 0.381 e. The fraction of sp³-hybridized carbons (Fsp3) is 0.176. The first-order chi connectivity index (χ1) is 9.78. The van der Waals surface area contributed by atoms with Gasteiger partial charge in [-0.1, -0.05) is 42.8 Å². The topological polar surface area (TPSA) is 27.8 Å². The number of hydrogen-bond acceptors (Lipinski definition) is 1. The van der Waals surface area contributed by atoms with Crippen molar-refractivity contribution in [2.75, 3.05) is 5.32 Å². The van der Waals surface area contributed by atoms with E-state index in [2.05, 4.69) is 47.6 Å². The third-order valence-corrected chi connectivity index (χ3v) is 3.83. The number of H-pyrrole nitrogens is 1. The molecule has 0 atom stereocenters. The van der Waals surface area contributed by atoms with Gasteiger partial charge in [0.25, 0.3) is 0 Å². The van der Waals surface area contributed by atoms with Crippen LogP contribution in [0.5, 0.6) is 0 Å². The average molecular weight is 285 g/mol. The summed E-state index contributed by atoms with van der Waals surface area (Å²) in [6.07, 6.45) is 3.08. The average Bonchev–Trinajstić information content (AvgIpc) is 2.87. The SMILES string of the molecule is CCc1ccccc1NCc1c[nH]c2cc(Cl)ccc12. The number of hydrogen-bond donors (Lipinski definition) is 2. The van der Waals surface area contributed by atoms with E-state index in [0.29, 0.717) is 0 Å². The van der Waals surface area contributed by atoms with Crippen LogP contribution in [0.3, 0.4) is 0 Å². The highest BCUT2D eigenvalue weighted by atomic mass is 35.5. The molecule has 0 unspecified atom stereocenters. The van der Waals surface area contributed by atoms with Crippen LogP contribution >= 0.6 is 11.6 Å². The van der Waals surface area contributed by atoms with Crippen molar-refractivity contribution >= 4 is 28.2 Å². The fourth-order valence-corrected chi connectivity index (χ4v) is 2.67. The molecule has 1 aromatic heterocycles. The van der Waals surface area contributed by atoms with Crippen LogP contribution < -0.4 is 5.32 Å². The molecule has 0 bridgehead atoms. The molecule has 102 valence electrons. The zero-order chi connectivity index (χ0) is 13.9. The molecule has 0 saturated carbocycles. The number of rotatable bonds is 4. The Bertz CT molecular complexity index is 731. The van der Waals surface area contributed by atoms with Crippen LogP contribution in [0.4, 0.5) is 5.69 Å². The lowest BCUT2D eigenvalue weighted by molar-refractivity contribution is 1.10. The van der Waals surface area contributed by atoms with Gasteiger partial charge in [-0.3, -0.25) is 0 Å². The number of aryl methyl sites for hydroxylation is 1. The van der Waals surface area contributed by atoms with Crippen molar-refractivity contribution in [3.63, 3.8) is 0 Å². The molecule has 0 spiro atoms. The lowest BCUT2D eigenvalue weighted by Crippen LogP contribution is -2.01. The highest BCUT2D eigenvalue weighted by molar-refractivity contribution is 6.31. The second kappa shape index (κ2) is 5.59. The van der Waals surface area contributed by atoms with Crippen LogP contribution in [-0.2, 0) is 13.0 Å². The zero-order valence-corrected chi connectivity index (χ0v) is 12.2. The second-order valence-corrected chi connectivity index (χ2v) is 5.30. The Morgan fingerprint density at radius 3 is 2.80 bits per heavy atom. The van der Waals surface area contributed by atoms with Crippen molar-refractivity contribution in [3.05, 3.63) is 64.8 Å². The predicted octanol–water partition coefficient (Wildman–Crippen LogP) is 5.00. The number of aromatic nitrogens is 1. The summed E-state index contributed by atoms with van der Waals surface area (Å²) in [4.78, 5) is 3.27. The normalized spacial score (nSPS) is 10.9. The second-order valence-electron chi connectivity index (χ2n) is 4.87. The van der Waals surface area contributed by atoms with E-state index < -0.39 is 0 Å². The van der Waals surface area contributed by atoms with Crippen molar-refractivity contribution in [3.8, 4) is 0 Å². The maximum Gasteiger partial charge on any atom is 0.0472 e. The number of nitrogens with one attached hydrogen (secondary N) is 2. The highest BCUT2D eigenvalue weighted by Crippen LogP contribution is 2.23. The van der Waals surface area contributed by atoms with Gasteiger partial charge in [-0.15, -0.1) is 0 Å².